The Kier molecular flexibility index (Phi) is 6.04. The van der Waals surface area contributed by atoms with E-state index in [1.54, 1.807) is 43.3 Å². The normalized spacial score (nSPS) is 16.1. The Morgan fingerprint density at radius 2 is 1.67 bits per heavy atom. The Hall–Kier alpha value is -2.09. The number of halogens is 1. The molecule has 3 rings (SSSR count). The monoisotopic (exact) mass is 408 g/mol. The highest BCUT2D eigenvalue weighted by atomic mass is 35.5. The first-order valence-electron chi connectivity index (χ1n) is 8.69. The fourth-order valence-electron chi connectivity index (χ4n) is 2.80. The van der Waals surface area contributed by atoms with E-state index in [2.05, 4.69) is 5.32 Å². The molecule has 0 bridgehead atoms. The molecule has 0 unspecified atom stereocenters. The van der Waals surface area contributed by atoms with E-state index in [0.29, 0.717) is 29.5 Å². The van der Waals surface area contributed by atoms with E-state index in [0.717, 1.165) is 12.8 Å². The topological polar surface area (TPSA) is 75.7 Å². The zero-order chi connectivity index (χ0) is 19.4. The number of nitrogens with zero attached hydrogens (tertiary/aromatic N) is 1. The maximum atomic E-state index is 12.5. The van der Waals surface area contributed by atoms with Crippen molar-refractivity contribution in [1.29, 1.82) is 0 Å². The largest absolute Gasteiger partial charge is 0.481 e. The third-order valence-electron chi connectivity index (χ3n) is 4.32. The molecular formula is C19H21ClN2O4S. The Morgan fingerprint density at radius 1 is 1.07 bits per heavy atom. The molecule has 1 amide bonds. The molecule has 1 heterocycles. The average molecular weight is 409 g/mol. The van der Waals surface area contributed by atoms with Crippen molar-refractivity contribution in [3.8, 4) is 5.75 Å². The molecule has 6 nitrogen and oxygen atoms in total. The van der Waals surface area contributed by atoms with Gasteiger partial charge in [0.2, 0.25) is 10.0 Å². The van der Waals surface area contributed by atoms with E-state index in [1.165, 1.54) is 16.4 Å². The van der Waals surface area contributed by atoms with Gasteiger partial charge < -0.3 is 10.1 Å². The first kappa shape index (κ1) is 19.7. The van der Waals surface area contributed by atoms with Crippen molar-refractivity contribution in [3.05, 3.63) is 53.6 Å². The van der Waals surface area contributed by atoms with Crippen molar-refractivity contribution in [3.63, 3.8) is 0 Å². The van der Waals surface area contributed by atoms with E-state index >= 15 is 0 Å². The van der Waals surface area contributed by atoms with Gasteiger partial charge in [-0.05, 0) is 68.3 Å². The Bertz CT molecular complexity index is 892. The molecular weight excluding hydrogens is 388 g/mol. The van der Waals surface area contributed by atoms with Gasteiger partial charge in [0.25, 0.3) is 5.91 Å². The maximum Gasteiger partial charge on any atom is 0.265 e. The number of hydrogen-bond acceptors (Lipinski definition) is 4. The lowest BCUT2D eigenvalue weighted by molar-refractivity contribution is -0.122. The molecule has 27 heavy (non-hydrogen) atoms. The van der Waals surface area contributed by atoms with E-state index < -0.39 is 16.1 Å². The molecule has 1 saturated heterocycles. The van der Waals surface area contributed by atoms with Crippen molar-refractivity contribution in [2.75, 3.05) is 18.4 Å². The van der Waals surface area contributed by atoms with Gasteiger partial charge in [0.05, 0.1) is 4.90 Å². The number of rotatable bonds is 6. The summed E-state index contributed by atoms with van der Waals surface area (Å²) >= 11 is 5.82. The quantitative estimate of drug-likeness (QED) is 0.793. The first-order valence-corrected chi connectivity index (χ1v) is 10.5. The summed E-state index contributed by atoms with van der Waals surface area (Å²) in [4.78, 5) is 12.5. The maximum absolute atomic E-state index is 12.5. The number of benzene rings is 2. The van der Waals surface area contributed by atoms with Crippen molar-refractivity contribution in [2.24, 2.45) is 0 Å². The molecule has 144 valence electrons. The lowest BCUT2D eigenvalue weighted by Crippen LogP contribution is -2.30. The predicted molar refractivity (Wildman–Crippen MR) is 105 cm³/mol. The summed E-state index contributed by atoms with van der Waals surface area (Å²) in [5.41, 5.74) is 0.506. The first-order chi connectivity index (χ1) is 12.9. The van der Waals surface area contributed by atoms with E-state index in [-0.39, 0.29) is 10.8 Å². The van der Waals surface area contributed by atoms with Gasteiger partial charge in [-0.3, -0.25) is 4.79 Å². The Labute approximate surface area is 164 Å². The van der Waals surface area contributed by atoms with Crippen LogP contribution in [0.25, 0.3) is 0 Å². The molecule has 2 aromatic rings. The fraction of sp³-hybridized carbons (Fsp3) is 0.316. The highest BCUT2D eigenvalue weighted by Gasteiger charge is 2.27. The third-order valence-corrected chi connectivity index (χ3v) is 6.49. The minimum atomic E-state index is -3.46. The molecule has 1 atom stereocenters. The van der Waals surface area contributed by atoms with Crippen LogP contribution in [0.2, 0.25) is 5.02 Å². The van der Waals surface area contributed by atoms with Gasteiger partial charge in [-0.1, -0.05) is 11.6 Å². The number of carbonyl (C=O) groups excluding carboxylic acids is 1. The SMILES string of the molecule is C[C@@H](Oc1ccc(Cl)cc1)C(=O)Nc1ccc(S(=O)(=O)N2CCCC2)cc1. The Morgan fingerprint density at radius 3 is 2.26 bits per heavy atom. The zero-order valence-electron chi connectivity index (χ0n) is 14.9. The van der Waals surface area contributed by atoms with Crippen LogP contribution in [0.4, 0.5) is 5.69 Å². The summed E-state index contributed by atoms with van der Waals surface area (Å²) in [5, 5.41) is 3.31. The van der Waals surface area contributed by atoms with Gasteiger partial charge in [0.1, 0.15) is 5.75 Å². The molecule has 2 aromatic carbocycles. The number of hydrogen-bond donors (Lipinski definition) is 1. The van der Waals surface area contributed by atoms with E-state index in [9.17, 15) is 13.2 Å². The smallest absolute Gasteiger partial charge is 0.265 e. The van der Waals surface area contributed by atoms with Crippen LogP contribution in [0.3, 0.4) is 0 Å². The standard InChI is InChI=1S/C19H21ClN2O4S/c1-14(26-17-8-4-15(20)5-9-17)19(23)21-16-6-10-18(11-7-16)27(24,25)22-12-2-3-13-22/h4-11,14H,2-3,12-13H2,1H3,(H,21,23)/t14-/m1/s1. The summed E-state index contributed by atoms with van der Waals surface area (Å²) in [7, 11) is -3.46. The second kappa shape index (κ2) is 8.29. The number of nitrogens with one attached hydrogen (secondary N) is 1. The second-order valence-corrected chi connectivity index (χ2v) is 8.71. The third kappa shape index (κ3) is 4.80. The molecule has 0 aromatic heterocycles. The molecule has 0 spiro atoms. The van der Waals surface area contributed by atoms with Gasteiger partial charge in [0.15, 0.2) is 6.10 Å². The second-order valence-electron chi connectivity index (χ2n) is 6.34. The summed E-state index contributed by atoms with van der Waals surface area (Å²) in [6.07, 6.45) is 1.05. The van der Waals surface area contributed by atoms with Crippen LogP contribution in [0.5, 0.6) is 5.75 Å². The number of anilines is 1. The van der Waals surface area contributed by atoms with Gasteiger partial charge in [-0.2, -0.15) is 4.31 Å². The highest BCUT2D eigenvalue weighted by Crippen LogP contribution is 2.22. The van der Waals surface area contributed by atoms with Crippen LogP contribution in [0.1, 0.15) is 19.8 Å². The number of carbonyl (C=O) groups is 1. The van der Waals surface area contributed by atoms with E-state index in [4.69, 9.17) is 16.3 Å². The molecule has 1 N–H and O–H groups in total. The van der Waals surface area contributed by atoms with E-state index in [1.807, 2.05) is 0 Å². The fourth-order valence-corrected chi connectivity index (χ4v) is 4.45. The summed E-state index contributed by atoms with van der Waals surface area (Å²) in [6, 6.07) is 12.9. The summed E-state index contributed by atoms with van der Waals surface area (Å²) < 4.78 is 32.1. The highest BCUT2D eigenvalue weighted by molar-refractivity contribution is 7.89. The number of amides is 1. The van der Waals surface area contributed by atoms with Crippen LogP contribution in [0, 0.1) is 0 Å². The molecule has 8 heteroatoms. The van der Waals surface area contributed by atoms with Crippen molar-refractivity contribution >= 4 is 33.2 Å². The zero-order valence-corrected chi connectivity index (χ0v) is 16.5. The van der Waals surface area contributed by atoms with Crippen LogP contribution in [-0.4, -0.2) is 37.8 Å². The average Bonchev–Trinajstić information content (AvgIpc) is 3.19. The lowest BCUT2D eigenvalue weighted by Gasteiger charge is -2.17. The summed E-state index contributed by atoms with van der Waals surface area (Å²) in [6.45, 7) is 2.75. The van der Waals surface area contributed by atoms with Crippen LogP contribution < -0.4 is 10.1 Å². The van der Waals surface area contributed by atoms with Gasteiger partial charge in [-0.15, -0.1) is 0 Å². The van der Waals surface area contributed by atoms with Gasteiger partial charge >= 0.3 is 0 Å². The van der Waals surface area contributed by atoms with Crippen LogP contribution >= 0.6 is 11.6 Å². The van der Waals surface area contributed by atoms with Gasteiger partial charge in [0, 0.05) is 23.8 Å². The van der Waals surface area contributed by atoms with Crippen LogP contribution in [-0.2, 0) is 14.8 Å². The molecule has 0 aliphatic carbocycles. The summed E-state index contributed by atoms with van der Waals surface area (Å²) in [5.74, 6) is 0.203. The van der Waals surface area contributed by atoms with Crippen molar-refractivity contribution in [1.82, 2.24) is 4.31 Å². The molecule has 0 saturated carbocycles. The minimum absolute atomic E-state index is 0.230. The molecule has 0 radical (unpaired) electrons. The number of ether oxygens (including phenoxy) is 1. The Balaban J connectivity index is 1.61. The number of sulfonamides is 1. The van der Waals surface area contributed by atoms with Crippen molar-refractivity contribution in [2.45, 2.75) is 30.8 Å². The van der Waals surface area contributed by atoms with Crippen LogP contribution in [0.15, 0.2) is 53.4 Å². The predicted octanol–water partition coefficient (Wildman–Crippen LogP) is 3.53. The van der Waals surface area contributed by atoms with Crippen molar-refractivity contribution < 1.29 is 17.9 Å². The molecule has 1 aliphatic heterocycles. The lowest BCUT2D eigenvalue weighted by atomic mass is 10.3. The minimum Gasteiger partial charge on any atom is -0.481 e. The molecule has 1 fully saturated rings. The van der Waals surface area contributed by atoms with Gasteiger partial charge in [-0.25, -0.2) is 8.42 Å². The molecule has 1 aliphatic rings.